The summed E-state index contributed by atoms with van der Waals surface area (Å²) in [6.45, 7) is 3.54. The van der Waals surface area contributed by atoms with Crippen LogP contribution in [-0.4, -0.2) is 48.4 Å². The first kappa shape index (κ1) is 32.0. The molecule has 3 aromatic heterocycles. The van der Waals surface area contributed by atoms with Gasteiger partial charge in [0.05, 0.1) is 64.9 Å². The van der Waals surface area contributed by atoms with E-state index >= 15 is 0 Å². The Hall–Kier alpha value is -4.93. The molecule has 0 radical (unpaired) electrons. The zero-order valence-electron chi connectivity index (χ0n) is 25.6. The molecule has 6 rings (SSSR count). The average molecular weight is 695 g/mol. The Kier molecular flexibility index (Phi) is 8.90. The van der Waals surface area contributed by atoms with Gasteiger partial charge in [-0.3, -0.25) is 19.5 Å². The molecule has 0 unspecified atom stereocenters. The Morgan fingerprint density at radius 1 is 1.11 bits per heavy atom. The Bertz CT molecular complexity index is 2240. The van der Waals surface area contributed by atoms with Gasteiger partial charge in [-0.25, -0.2) is 14.8 Å². The van der Waals surface area contributed by atoms with Crippen molar-refractivity contribution < 1.29 is 33.1 Å². The summed E-state index contributed by atoms with van der Waals surface area (Å²) in [5.74, 6) is 0.893. The molecule has 5 aromatic rings. The van der Waals surface area contributed by atoms with E-state index in [2.05, 4.69) is 9.98 Å². The third kappa shape index (κ3) is 6.02. The molecule has 2 aromatic carbocycles. The molecule has 1 aliphatic heterocycles. The van der Waals surface area contributed by atoms with Crippen molar-refractivity contribution in [2.75, 3.05) is 27.9 Å². The third-order valence-electron chi connectivity index (χ3n) is 7.15. The Balaban J connectivity index is 1.40. The summed E-state index contributed by atoms with van der Waals surface area (Å²) < 4.78 is 31.1. The average Bonchev–Trinajstić information content (AvgIpc) is 3.76. The number of fused-ring (bicyclic) bond motifs is 2. The lowest BCUT2D eigenvalue weighted by Crippen LogP contribution is -2.40. The van der Waals surface area contributed by atoms with Gasteiger partial charge >= 0.3 is 5.97 Å². The van der Waals surface area contributed by atoms with Crippen LogP contribution in [0.5, 0.6) is 17.2 Å². The summed E-state index contributed by atoms with van der Waals surface area (Å²) in [4.78, 5) is 47.6. The van der Waals surface area contributed by atoms with Crippen molar-refractivity contribution in [1.82, 2.24) is 9.55 Å². The highest BCUT2D eigenvalue weighted by Crippen LogP contribution is 2.42. The van der Waals surface area contributed by atoms with Gasteiger partial charge in [-0.05, 0) is 61.5 Å². The largest absolute Gasteiger partial charge is 0.493 e. The lowest BCUT2D eigenvalue weighted by atomic mass is 9.95. The van der Waals surface area contributed by atoms with Crippen LogP contribution in [0.4, 0.5) is 5.69 Å². The molecule has 47 heavy (non-hydrogen) atoms. The zero-order chi connectivity index (χ0) is 33.4. The van der Waals surface area contributed by atoms with E-state index in [9.17, 15) is 19.7 Å². The number of carbonyl (C=O) groups excluding carboxylic acids is 1. The van der Waals surface area contributed by atoms with Crippen LogP contribution in [0, 0.1) is 10.1 Å². The highest BCUT2D eigenvalue weighted by atomic mass is 32.2. The number of furan rings is 1. The highest BCUT2D eigenvalue weighted by molar-refractivity contribution is 8.01. The van der Waals surface area contributed by atoms with Crippen LogP contribution in [0.3, 0.4) is 0 Å². The molecule has 0 saturated heterocycles. The second-order valence-corrected chi connectivity index (χ2v) is 13.2. The Morgan fingerprint density at radius 2 is 1.85 bits per heavy atom. The molecule has 0 fully saturated rings. The zero-order valence-corrected chi connectivity index (χ0v) is 28.0. The topological polar surface area (TPSA) is 158 Å². The predicted molar refractivity (Wildman–Crippen MR) is 176 cm³/mol. The van der Waals surface area contributed by atoms with Gasteiger partial charge in [-0.15, -0.1) is 11.3 Å². The SMILES string of the molecule is CCOC(=O)C1=C(C)N=c2s/c(=C\c3ccc(Sc4nc5ccc([N+](=O)[O-])cc5s4)o3)c(=O)n2[C@@H]1c1cc(OC)c(OC)c(OC)c1. The molecule has 16 heteroatoms. The maximum Gasteiger partial charge on any atom is 0.338 e. The monoisotopic (exact) mass is 694 g/mol. The molecule has 1 aliphatic rings. The summed E-state index contributed by atoms with van der Waals surface area (Å²) in [5.41, 5.74) is 1.40. The lowest BCUT2D eigenvalue weighted by molar-refractivity contribution is -0.384. The van der Waals surface area contributed by atoms with Gasteiger partial charge in [0, 0.05) is 18.2 Å². The highest BCUT2D eigenvalue weighted by Gasteiger charge is 2.34. The third-order valence-corrected chi connectivity index (χ3v) is 10.1. The van der Waals surface area contributed by atoms with E-state index in [1.165, 1.54) is 61.1 Å². The molecule has 0 N–H and O–H groups in total. The van der Waals surface area contributed by atoms with Crippen molar-refractivity contribution in [2.24, 2.45) is 4.99 Å². The molecular weight excluding hydrogens is 669 g/mol. The Morgan fingerprint density at radius 3 is 2.51 bits per heavy atom. The van der Waals surface area contributed by atoms with Crippen molar-refractivity contribution in [1.29, 1.82) is 0 Å². The summed E-state index contributed by atoms with van der Waals surface area (Å²) in [6.07, 6.45) is 1.62. The summed E-state index contributed by atoms with van der Waals surface area (Å²) >= 11 is 3.74. The number of ether oxygens (including phenoxy) is 4. The number of benzene rings is 2. The summed E-state index contributed by atoms with van der Waals surface area (Å²) in [5, 5.41) is 11.7. The maximum atomic E-state index is 14.1. The number of hydrogen-bond donors (Lipinski definition) is 0. The normalized spacial score (nSPS) is 14.6. The van der Waals surface area contributed by atoms with Crippen LogP contribution in [-0.2, 0) is 9.53 Å². The van der Waals surface area contributed by atoms with Gasteiger partial charge in [0.15, 0.2) is 25.7 Å². The number of methoxy groups -OCH3 is 3. The van der Waals surface area contributed by atoms with Gasteiger partial charge in [0.1, 0.15) is 5.76 Å². The predicted octanol–water partition coefficient (Wildman–Crippen LogP) is 5.09. The van der Waals surface area contributed by atoms with Crippen LogP contribution in [0.1, 0.15) is 31.2 Å². The minimum Gasteiger partial charge on any atom is -0.493 e. The number of nitrogens with zero attached hydrogens (tertiary/aromatic N) is 4. The summed E-state index contributed by atoms with van der Waals surface area (Å²) in [7, 11) is 4.46. The number of carbonyl (C=O) groups is 1. The van der Waals surface area contributed by atoms with Gasteiger partial charge in [-0.1, -0.05) is 11.3 Å². The fraction of sp³-hybridized carbons (Fsp3) is 0.226. The van der Waals surface area contributed by atoms with E-state index in [1.807, 2.05) is 0 Å². The van der Waals surface area contributed by atoms with Gasteiger partial charge < -0.3 is 23.4 Å². The van der Waals surface area contributed by atoms with E-state index in [0.29, 0.717) is 63.3 Å². The van der Waals surface area contributed by atoms with Crippen molar-refractivity contribution in [3.8, 4) is 17.2 Å². The number of thiazole rings is 2. The van der Waals surface area contributed by atoms with Crippen molar-refractivity contribution >= 4 is 62.4 Å². The first-order valence-corrected chi connectivity index (χ1v) is 16.4. The van der Waals surface area contributed by atoms with Crippen LogP contribution in [0.25, 0.3) is 16.3 Å². The number of nitro groups is 1. The van der Waals surface area contributed by atoms with Gasteiger partial charge in [0.2, 0.25) is 5.75 Å². The fourth-order valence-corrected chi connectivity index (χ4v) is 8.13. The number of esters is 1. The molecule has 242 valence electrons. The van der Waals surface area contributed by atoms with E-state index in [0.717, 1.165) is 11.3 Å². The molecular formula is C31H26N4O9S3. The molecule has 0 saturated carbocycles. The Labute approximate surface area is 278 Å². The van der Waals surface area contributed by atoms with Crippen LogP contribution >= 0.6 is 34.4 Å². The molecule has 13 nitrogen and oxygen atoms in total. The number of nitro benzene ring substituents is 1. The molecule has 1 atom stereocenters. The quantitative estimate of drug-likeness (QED) is 0.109. The van der Waals surface area contributed by atoms with Crippen LogP contribution < -0.4 is 29.1 Å². The molecule has 0 amide bonds. The second kappa shape index (κ2) is 13.1. The molecule has 4 heterocycles. The number of hydrogen-bond acceptors (Lipinski definition) is 14. The smallest absolute Gasteiger partial charge is 0.338 e. The minimum absolute atomic E-state index is 0.00322. The maximum absolute atomic E-state index is 14.1. The first-order chi connectivity index (χ1) is 22.6. The lowest BCUT2D eigenvalue weighted by Gasteiger charge is -2.26. The number of allylic oxidation sites excluding steroid dienone is 1. The standard InChI is InChI=1S/C31H26N4O9S3/c1-6-43-29(37)25-15(2)32-30-34(26(25)16-11-20(40-3)27(42-5)21(12-16)41-4)28(36)23(45-30)14-18-8-10-24(44-18)47-31-33-19-9-7-17(35(38)39)13-22(19)46-31/h7-14,26H,6H2,1-5H3/b23-14-/t26-/m1/s1. The van der Waals surface area contributed by atoms with Crippen molar-refractivity contribution in [3.63, 3.8) is 0 Å². The number of aromatic nitrogens is 2. The molecule has 0 aliphatic carbocycles. The molecule has 0 spiro atoms. The first-order valence-electron chi connectivity index (χ1n) is 14.0. The van der Waals surface area contributed by atoms with Gasteiger partial charge in [0.25, 0.3) is 11.2 Å². The van der Waals surface area contributed by atoms with E-state index in [4.69, 9.17) is 23.4 Å². The van der Waals surface area contributed by atoms with E-state index in [1.54, 1.807) is 50.3 Å². The van der Waals surface area contributed by atoms with E-state index in [-0.39, 0.29) is 23.4 Å². The summed E-state index contributed by atoms with van der Waals surface area (Å²) in [6, 6.07) is 10.5. The fourth-order valence-electron chi connectivity index (χ4n) is 5.10. The number of non-ortho nitro benzene ring substituents is 1. The second-order valence-electron chi connectivity index (χ2n) is 9.91. The van der Waals surface area contributed by atoms with Crippen molar-refractivity contribution in [3.05, 3.63) is 94.9 Å². The van der Waals surface area contributed by atoms with Crippen LogP contribution in [0.15, 0.2) is 77.4 Å². The minimum atomic E-state index is -0.904. The number of rotatable bonds is 10. The van der Waals surface area contributed by atoms with Gasteiger partial charge in [-0.2, -0.15) is 0 Å². The van der Waals surface area contributed by atoms with Crippen LogP contribution in [0.2, 0.25) is 0 Å². The van der Waals surface area contributed by atoms with E-state index < -0.39 is 16.9 Å². The molecule has 0 bridgehead atoms. The van der Waals surface area contributed by atoms with Crippen molar-refractivity contribution in [2.45, 2.75) is 29.3 Å².